The van der Waals surface area contributed by atoms with Gasteiger partial charge in [-0.3, -0.25) is 0 Å². The number of phenolic OH excluding ortho intramolecular Hbond substituents is 2. The normalized spacial score (nSPS) is 11.3. The lowest BCUT2D eigenvalue weighted by Gasteiger charge is -2.04. The lowest BCUT2D eigenvalue weighted by molar-refractivity contribution is 0.474. The van der Waals surface area contributed by atoms with Gasteiger partial charge in [0, 0.05) is 0 Å². The highest BCUT2D eigenvalue weighted by molar-refractivity contribution is 7.91. The minimum Gasteiger partial charge on any atom is -0.508 e. The van der Waals surface area contributed by atoms with Crippen LogP contribution in [-0.2, 0) is 9.84 Å². The molecule has 88 valence electrons. The van der Waals surface area contributed by atoms with Crippen LogP contribution in [0.2, 0.25) is 0 Å². The summed E-state index contributed by atoms with van der Waals surface area (Å²) >= 11 is 0. The van der Waals surface area contributed by atoms with Crippen LogP contribution >= 0.6 is 0 Å². The monoisotopic (exact) mass is 262 g/mol. The van der Waals surface area contributed by atoms with Gasteiger partial charge in [0.05, 0.1) is 9.79 Å². The molecule has 0 heterocycles. The fourth-order valence-corrected chi connectivity index (χ4v) is 2.65. The zero-order valence-corrected chi connectivity index (χ0v) is 9.55. The number of sulfone groups is 1. The zero-order chi connectivity index (χ0) is 12.5. The van der Waals surface area contributed by atoms with Gasteiger partial charge in [-0.25, -0.2) is 8.42 Å². The Morgan fingerprint density at radius 2 is 0.941 bits per heavy atom. The highest BCUT2D eigenvalue weighted by Gasteiger charge is 2.17. The van der Waals surface area contributed by atoms with E-state index in [1.165, 1.54) is 48.5 Å². The third-order valence-electron chi connectivity index (χ3n) is 2.29. The molecule has 17 heavy (non-hydrogen) atoms. The summed E-state index contributed by atoms with van der Waals surface area (Å²) in [5.41, 5.74) is 0. The first-order valence-electron chi connectivity index (χ1n) is 4.83. The Balaban J connectivity index is 2.50. The molecule has 2 N–H and O–H groups in total. The van der Waals surface area contributed by atoms with Crippen LogP contribution in [0.25, 0.3) is 0 Å². The number of hydrogen-bond donors (Lipinski definition) is 2. The predicted molar refractivity (Wildman–Crippen MR) is 61.7 cm³/mol. The predicted octanol–water partition coefficient (Wildman–Crippen LogP) is 1.93. The first-order valence-corrected chi connectivity index (χ1v) is 6.31. The molecule has 0 fully saturated rings. The van der Waals surface area contributed by atoms with E-state index >= 15 is 0 Å². The van der Waals surface area contributed by atoms with Gasteiger partial charge < -0.3 is 10.2 Å². The van der Waals surface area contributed by atoms with Gasteiger partial charge >= 0.3 is 0 Å². The van der Waals surface area contributed by atoms with Crippen molar-refractivity contribution in [3.05, 3.63) is 48.5 Å². The second-order valence-electron chi connectivity index (χ2n) is 3.49. The second kappa shape index (κ2) is 4.10. The van der Waals surface area contributed by atoms with Crippen LogP contribution in [-0.4, -0.2) is 18.6 Å². The molecule has 0 aliphatic carbocycles. The van der Waals surface area contributed by atoms with Crippen molar-refractivity contribution in [3.8, 4) is 11.5 Å². The lowest BCUT2D eigenvalue weighted by atomic mass is 11.3. The van der Waals surface area contributed by atoms with E-state index in [4.69, 9.17) is 10.2 Å². The molecule has 2 rings (SSSR count). The molecule has 0 bridgehead atoms. The third kappa shape index (κ3) is 2.24. The molecule has 0 aliphatic heterocycles. The summed E-state index contributed by atoms with van der Waals surface area (Å²) in [6, 6.07) is 10.6. The van der Waals surface area contributed by atoms with Gasteiger partial charge in [-0.05, 0) is 48.5 Å². The van der Waals surface area contributed by atoms with Crippen LogP contribution < -0.4 is 0 Å². The smallest absolute Gasteiger partial charge is 0.206 e. The van der Waals surface area contributed by atoms with Crippen LogP contribution in [0.4, 0.5) is 0 Å². The van der Waals surface area contributed by atoms with Crippen LogP contribution in [0.5, 0.6) is 11.5 Å². The highest BCUT2D eigenvalue weighted by Crippen LogP contribution is 2.23. The average Bonchev–Trinajstić information content (AvgIpc) is 2.30. The van der Waals surface area contributed by atoms with Gasteiger partial charge in [0.25, 0.3) is 0 Å². The maximum Gasteiger partial charge on any atom is 0.206 e. The van der Waals surface area contributed by atoms with E-state index in [1.807, 2.05) is 0 Å². The van der Waals surface area contributed by atoms with E-state index in [2.05, 4.69) is 0 Å². The molecule has 0 aliphatic rings. The molecule has 4 nitrogen and oxygen atoms in total. The van der Waals surface area contributed by atoms with Crippen LogP contribution in [0.3, 0.4) is 0 Å². The van der Waals surface area contributed by atoms with Gasteiger partial charge in [0.15, 0.2) is 0 Å². The molecule has 2 aromatic carbocycles. The van der Waals surface area contributed by atoms with Gasteiger partial charge in [-0.1, -0.05) is 0 Å². The number of rotatable bonds is 2. The Kier molecular flexibility index (Phi) is 2.77. The summed E-state index contributed by atoms with van der Waals surface area (Å²) < 4.78 is 24.2. The number of benzene rings is 2. The van der Waals surface area contributed by atoms with E-state index in [0.717, 1.165) is 0 Å². The Morgan fingerprint density at radius 1 is 0.647 bits per heavy atom. The van der Waals surface area contributed by atoms with Crippen molar-refractivity contribution >= 4 is 9.84 Å². The molecule has 0 amide bonds. The van der Waals surface area contributed by atoms with Crippen molar-refractivity contribution in [1.82, 2.24) is 0 Å². The molecule has 0 atom stereocenters. The minimum atomic E-state index is -3.59. The first kappa shape index (κ1) is 11.5. The van der Waals surface area contributed by atoms with E-state index < -0.39 is 9.84 Å². The van der Waals surface area contributed by atoms with Crippen molar-refractivity contribution in [2.75, 3.05) is 0 Å². The number of aromatic hydroxyl groups is 2. The average molecular weight is 262 g/mol. The third-order valence-corrected chi connectivity index (χ3v) is 4.08. The molecular weight excluding hydrogens is 252 g/mol. The molecule has 0 unspecified atom stereocenters. The van der Waals surface area contributed by atoms with Crippen molar-refractivity contribution in [1.29, 1.82) is 0 Å². The Labute approximate surface area is 98.7 Å². The molecule has 2 aromatic rings. The largest absolute Gasteiger partial charge is 0.508 e. The topological polar surface area (TPSA) is 74.6 Å². The minimum absolute atomic E-state index is 0.00894. The van der Waals surface area contributed by atoms with Crippen molar-refractivity contribution in [3.63, 3.8) is 0 Å². The van der Waals surface area contributed by atoms with Crippen LogP contribution in [0.15, 0.2) is 58.3 Å². The summed E-state index contributed by atoms with van der Waals surface area (Å²) in [6.45, 7) is 0. The summed E-state index contributed by atoms with van der Waals surface area (Å²) in [4.78, 5) is 0.196. The lowest BCUT2D eigenvalue weighted by Crippen LogP contribution is -2.01. The van der Waals surface area contributed by atoms with Crippen molar-refractivity contribution < 1.29 is 18.6 Å². The van der Waals surface area contributed by atoms with Gasteiger partial charge in [0.1, 0.15) is 11.5 Å². The number of phenols is 2. The molecular formula is C12H10O4S. The second-order valence-corrected chi connectivity index (χ2v) is 5.44. The van der Waals surface area contributed by atoms with E-state index in [-0.39, 0.29) is 21.3 Å². The highest BCUT2D eigenvalue weighted by atomic mass is 32.2. The molecule has 0 saturated heterocycles. The standard InChI is InChI=1S/C12H10O4S/c13-9-1-5-11(6-2-9)17(15,16)12-7-3-10(14)4-8-12/h1-8,13-14H/i1+1,2+1,3+1,4+1,5+1,6+1,7+1,8+1,9+1,10+1,11+1,12+1. The van der Waals surface area contributed by atoms with Crippen LogP contribution in [0.1, 0.15) is 0 Å². The Morgan fingerprint density at radius 3 is 1.24 bits per heavy atom. The van der Waals surface area contributed by atoms with E-state index in [9.17, 15) is 8.42 Å². The Hall–Kier alpha value is -2.01. The number of hydrogen-bond acceptors (Lipinski definition) is 4. The fraction of sp³-hybridized carbons (Fsp3) is 0. The Bertz CT molecular complexity index is 561. The van der Waals surface area contributed by atoms with Crippen molar-refractivity contribution in [2.45, 2.75) is 9.79 Å². The molecule has 0 saturated carbocycles. The van der Waals surface area contributed by atoms with Crippen LogP contribution in [0, 0.1) is 0 Å². The van der Waals surface area contributed by atoms with Crippen molar-refractivity contribution in [2.24, 2.45) is 0 Å². The maximum absolute atomic E-state index is 12.1. The summed E-state index contributed by atoms with van der Waals surface area (Å²) in [6.07, 6.45) is 0. The molecule has 0 radical (unpaired) electrons. The van der Waals surface area contributed by atoms with E-state index in [1.54, 1.807) is 0 Å². The van der Waals surface area contributed by atoms with E-state index in [0.29, 0.717) is 0 Å². The summed E-state index contributed by atoms with van der Waals surface area (Å²) in [7, 11) is -3.59. The maximum atomic E-state index is 12.1. The SMILES string of the molecule is O=S(=O)([13c]1[13cH][13cH][13c](O)[13cH][13cH]1)[13c]1[13cH][13cH][13c](O)[13cH][13cH]1. The molecule has 5 heteroatoms. The van der Waals surface area contributed by atoms with Gasteiger partial charge in [-0.2, -0.15) is 0 Å². The van der Waals surface area contributed by atoms with Gasteiger partial charge in [-0.15, -0.1) is 0 Å². The first-order chi connectivity index (χ1) is 8.00. The zero-order valence-electron chi connectivity index (χ0n) is 8.74. The fourth-order valence-electron chi connectivity index (χ4n) is 1.39. The molecule has 0 spiro atoms. The van der Waals surface area contributed by atoms with Gasteiger partial charge in [0.2, 0.25) is 9.84 Å². The summed E-state index contributed by atoms with van der Waals surface area (Å²) in [5.74, 6) is 0.0179. The molecule has 0 aromatic heterocycles. The summed E-state index contributed by atoms with van der Waals surface area (Å²) in [5, 5.41) is 18.2. The quantitative estimate of drug-likeness (QED) is 0.867.